The van der Waals surface area contributed by atoms with Gasteiger partial charge in [0.05, 0.1) is 0 Å². The Morgan fingerprint density at radius 3 is 2.38 bits per heavy atom. The van der Waals surface area contributed by atoms with E-state index in [0.717, 1.165) is 31.6 Å². The fraction of sp³-hybridized carbons (Fsp3) is 0.381. The Hall–Kier alpha value is -1.88. The van der Waals surface area contributed by atoms with Crippen LogP contribution >= 0.6 is 12.4 Å². The number of amides is 1. The van der Waals surface area contributed by atoms with Gasteiger partial charge in [-0.2, -0.15) is 0 Å². The summed E-state index contributed by atoms with van der Waals surface area (Å²) >= 11 is 0. The summed E-state index contributed by atoms with van der Waals surface area (Å²) in [4.78, 5) is 12.6. The number of hydrogen-bond acceptors (Lipinski definition) is 3. The zero-order valence-electron chi connectivity index (χ0n) is 15.2. The Kier molecular flexibility index (Phi) is 7.21. The van der Waals surface area contributed by atoms with E-state index >= 15 is 0 Å². The SMILES string of the molecule is Cc1ccccc1C1(CNC(=O)c2ccc(CN)cc2)CCOCC1.Cl. The van der Waals surface area contributed by atoms with Crippen molar-refractivity contribution in [1.82, 2.24) is 5.32 Å². The quantitative estimate of drug-likeness (QED) is 0.843. The molecule has 1 aliphatic heterocycles. The molecule has 1 fully saturated rings. The minimum Gasteiger partial charge on any atom is -0.381 e. The Bertz CT molecular complexity index is 725. The Labute approximate surface area is 161 Å². The maximum atomic E-state index is 12.6. The molecule has 3 rings (SSSR count). The van der Waals surface area contributed by atoms with Crippen LogP contribution in [0.15, 0.2) is 48.5 Å². The van der Waals surface area contributed by atoms with E-state index in [4.69, 9.17) is 10.5 Å². The molecule has 0 aromatic heterocycles. The lowest BCUT2D eigenvalue weighted by Crippen LogP contribution is -2.45. The van der Waals surface area contributed by atoms with Gasteiger partial charge in [-0.15, -0.1) is 12.4 Å². The van der Waals surface area contributed by atoms with Crippen molar-refractivity contribution in [2.75, 3.05) is 19.8 Å². The van der Waals surface area contributed by atoms with Crippen LogP contribution in [0, 0.1) is 6.92 Å². The first-order chi connectivity index (χ1) is 12.1. The first-order valence-electron chi connectivity index (χ1n) is 8.86. The van der Waals surface area contributed by atoms with Crippen molar-refractivity contribution in [1.29, 1.82) is 0 Å². The van der Waals surface area contributed by atoms with Crippen molar-refractivity contribution in [3.8, 4) is 0 Å². The van der Waals surface area contributed by atoms with Gasteiger partial charge in [-0.1, -0.05) is 36.4 Å². The van der Waals surface area contributed by atoms with Crippen molar-refractivity contribution < 1.29 is 9.53 Å². The molecule has 3 N–H and O–H groups in total. The molecule has 2 aromatic rings. The highest BCUT2D eigenvalue weighted by atomic mass is 35.5. The number of carbonyl (C=O) groups is 1. The highest BCUT2D eigenvalue weighted by Crippen LogP contribution is 2.36. The topological polar surface area (TPSA) is 64.4 Å². The molecule has 5 heteroatoms. The predicted molar refractivity (Wildman–Crippen MR) is 107 cm³/mol. The van der Waals surface area contributed by atoms with Crippen molar-refractivity contribution >= 4 is 18.3 Å². The fourth-order valence-electron chi connectivity index (χ4n) is 3.62. The number of rotatable bonds is 5. The first kappa shape index (κ1) is 20.4. The normalized spacial score (nSPS) is 15.8. The summed E-state index contributed by atoms with van der Waals surface area (Å²) in [5, 5.41) is 3.15. The average Bonchev–Trinajstić information content (AvgIpc) is 2.67. The van der Waals surface area contributed by atoms with Gasteiger partial charge < -0.3 is 15.8 Å². The molecule has 1 aliphatic rings. The highest BCUT2D eigenvalue weighted by molar-refractivity contribution is 5.94. The molecule has 140 valence electrons. The van der Waals surface area contributed by atoms with E-state index in [0.29, 0.717) is 18.7 Å². The second-order valence-corrected chi connectivity index (χ2v) is 6.79. The lowest BCUT2D eigenvalue weighted by atomic mass is 9.72. The maximum Gasteiger partial charge on any atom is 0.251 e. The molecule has 1 saturated heterocycles. The molecule has 4 nitrogen and oxygen atoms in total. The molecule has 1 heterocycles. The second-order valence-electron chi connectivity index (χ2n) is 6.79. The van der Waals surface area contributed by atoms with Crippen LogP contribution in [0.25, 0.3) is 0 Å². The molecule has 26 heavy (non-hydrogen) atoms. The van der Waals surface area contributed by atoms with Crippen LogP contribution in [-0.4, -0.2) is 25.7 Å². The molecule has 2 aromatic carbocycles. The third-order valence-corrected chi connectivity index (χ3v) is 5.21. The number of ether oxygens (including phenoxy) is 1. The second kappa shape index (κ2) is 9.17. The Morgan fingerprint density at radius 2 is 1.77 bits per heavy atom. The number of carbonyl (C=O) groups excluding carboxylic acids is 1. The number of hydrogen-bond donors (Lipinski definition) is 2. The third kappa shape index (κ3) is 4.44. The summed E-state index contributed by atoms with van der Waals surface area (Å²) in [6.45, 7) is 4.71. The largest absolute Gasteiger partial charge is 0.381 e. The number of nitrogens with two attached hydrogens (primary N) is 1. The van der Waals surface area contributed by atoms with Crippen LogP contribution in [0.4, 0.5) is 0 Å². The predicted octanol–water partition coefficient (Wildman–Crippen LogP) is 3.35. The van der Waals surface area contributed by atoms with Crippen molar-refractivity contribution in [3.05, 3.63) is 70.8 Å². The number of benzene rings is 2. The Morgan fingerprint density at radius 1 is 1.12 bits per heavy atom. The van der Waals surface area contributed by atoms with E-state index in [-0.39, 0.29) is 23.7 Å². The van der Waals surface area contributed by atoms with Crippen LogP contribution in [0.2, 0.25) is 0 Å². The highest BCUT2D eigenvalue weighted by Gasteiger charge is 2.35. The van der Waals surface area contributed by atoms with Crippen LogP contribution in [-0.2, 0) is 16.7 Å². The van der Waals surface area contributed by atoms with Crippen LogP contribution in [0.1, 0.15) is 39.9 Å². The number of nitrogens with one attached hydrogen (secondary N) is 1. The third-order valence-electron chi connectivity index (χ3n) is 5.21. The first-order valence-corrected chi connectivity index (χ1v) is 8.86. The molecule has 0 radical (unpaired) electrons. The zero-order chi connectivity index (χ0) is 17.7. The minimum atomic E-state index is -0.0591. The van der Waals surface area contributed by atoms with Gasteiger partial charge in [0.25, 0.3) is 5.91 Å². The summed E-state index contributed by atoms with van der Waals surface area (Å²) in [6.07, 6.45) is 1.84. The zero-order valence-corrected chi connectivity index (χ0v) is 16.0. The van der Waals surface area contributed by atoms with E-state index < -0.39 is 0 Å². The van der Waals surface area contributed by atoms with E-state index in [2.05, 4.69) is 36.5 Å². The molecule has 0 spiro atoms. The van der Waals surface area contributed by atoms with E-state index in [1.54, 1.807) is 0 Å². The van der Waals surface area contributed by atoms with Gasteiger partial charge in [0.15, 0.2) is 0 Å². The van der Waals surface area contributed by atoms with Gasteiger partial charge in [-0.25, -0.2) is 0 Å². The van der Waals surface area contributed by atoms with E-state index in [9.17, 15) is 4.79 Å². The van der Waals surface area contributed by atoms with Crippen molar-refractivity contribution in [2.45, 2.75) is 31.7 Å². The van der Waals surface area contributed by atoms with Gasteiger partial charge >= 0.3 is 0 Å². The van der Waals surface area contributed by atoms with Crippen molar-refractivity contribution in [2.24, 2.45) is 5.73 Å². The van der Waals surface area contributed by atoms with Gasteiger partial charge in [-0.05, 0) is 48.6 Å². The lowest BCUT2D eigenvalue weighted by Gasteiger charge is -2.39. The van der Waals surface area contributed by atoms with Crippen LogP contribution in [0.3, 0.4) is 0 Å². The Balaban J connectivity index is 0.00000243. The van der Waals surface area contributed by atoms with E-state index in [1.165, 1.54) is 11.1 Å². The minimum absolute atomic E-state index is 0. The average molecular weight is 375 g/mol. The summed E-state index contributed by atoms with van der Waals surface area (Å²) in [6, 6.07) is 15.9. The summed E-state index contributed by atoms with van der Waals surface area (Å²) < 4.78 is 5.58. The van der Waals surface area contributed by atoms with Gasteiger partial charge in [0, 0.05) is 37.3 Å². The molecule has 0 atom stereocenters. The lowest BCUT2D eigenvalue weighted by molar-refractivity contribution is 0.0485. The molecule has 0 bridgehead atoms. The summed E-state index contributed by atoms with van der Waals surface area (Å²) in [5.41, 5.74) is 9.84. The molecule has 0 unspecified atom stereocenters. The monoisotopic (exact) mass is 374 g/mol. The summed E-state index contributed by atoms with van der Waals surface area (Å²) in [5.74, 6) is -0.0389. The molecular formula is C21H27ClN2O2. The molecule has 0 aliphatic carbocycles. The van der Waals surface area contributed by atoms with Gasteiger partial charge in [0.2, 0.25) is 0 Å². The number of aryl methyl sites for hydroxylation is 1. The van der Waals surface area contributed by atoms with Crippen LogP contribution in [0.5, 0.6) is 0 Å². The summed E-state index contributed by atoms with van der Waals surface area (Å²) in [7, 11) is 0. The molecule has 1 amide bonds. The molecular weight excluding hydrogens is 348 g/mol. The number of halogens is 1. The fourth-order valence-corrected chi connectivity index (χ4v) is 3.62. The smallest absolute Gasteiger partial charge is 0.251 e. The standard InChI is InChI=1S/C21H26N2O2.ClH/c1-16-4-2-3-5-19(16)21(10-12-25-13-11-21)15-23-20(24)18-8-6-17(14-22)7-9-18;/h2-9H,10-15,22H2,1H3,(H,23,24);1H. The van der Waals surface area contributed by atoms with E-state index in [1.807, 2.05) is 24.3 Å². The molecule has 0 saturated carbocycles. The van der Waals surface area contributed by atoms with Gasteiger partial charge in [-0.3, -0.25) is 4.79 Å². The van der Waals surface area contributed by atoms with Crippen LogP contribution < -0.4 is 11.1 Å². The van der Waals surface area contributed by atoms with Gasteiger partial charge in [0.1, 0.15) is 0 Å². The van der Waals surface area contributed by atoms with Crippen molar-refractivity contribution in [3.63, 3.8) is 0 Å². The maximum absolute atomic E-state index is 12.6.